The number of piperazine rings is 1. The van der Waals surface area contributed by atoms with Crippen molar-refractivity contribution in [2.45, 2.75) is 39.2 Å². The first-order valence-electron chi connectivity index (χ1n) is 7.91. The molecular formula is C16H28N2. The van der Waals surface area contributed by atoms with E-state index in [9.17, 15) is 0 Å². The largest absolute Gasteiger partial charge is 0.300 e. The molecule has 18 heavy (non-hydrogen) atoms. The lowest BCUT2D eigenvalue weighted by Gasteiger charge is -2.39. The van der Waals surface area contributed by atoms with Crippen LogP contribution in [0.3, 0.4) is 0 Å². The third-order valence-corrected chi connectivity index (χ3v) is 5.53. The van der Waals surface area contributed by atoms with Crippen molar-refractivity contribution in [3.05, 3.63) is 12.2 Å². The molecule has 1 saturated heterocycles. The van der Waals surface area contributed by atoms with Crippen LogP contribution in [-0.4, -0.2) is 48.6 Å². The zero-order valence-corrected chi connectivity index (χ0v) is 12.0. The van der Waals surface area contributed by atoms with Crippen LogP contribution in [0.1, 0.15) is 33.1 Å². The summed E-state index contributed by atoms with van der Waals surface area (Å²) in [7, 11) is 0. The molecule has 0 aromatic heterocycles. The maximum absolute atomic E-state index is 2.72. The van der Waals surface area contributed by atoms with Gasteiger partial charge in [-0.25, -0.2) is 0 Å². The molecule has 0 N–H and O–H groups in total. The van der Waals surface area contributed by atoms with Gasteiger partial charge in [-0.1, -0.05) is 19.1 Å². The van der Waals surface area contributed by atoms with Gasteiger partial charge in [0, 0.05) is 38.8 Å². The molecule has 1 heterocycles. The highest BCUT2D eigenvalue weighted by Crippen LogP contribution is 2.43. The van der Waals surface area contributed by atoms with Gasteiger partial charge < -0.3 is 4.90 Å². The van der Waals surface area contributed by atoms with Gasteiger partial charge in [0.2, 0.25) is 0 Å². The maximum Gasteiger partial charge on any atom is 0.0113 e. The minimum Gasteiger partial charge on any atom is -0.300 e. The summed E-state index contributed by atoms with van der Waals surface area (Å²) in [5.74, 6) is 2.82. The standard InChI is InChI=1S/C16H28N2/c1-3-13(2)18-8-6-17(7-9-18)12-16-11-14-4-5-15(16)10-14/h4-5,13-16H,3,6-12H2,1-2H3/t13-,14-,15-,16-/m1/s1. The van der Waals surface area contributed by atoms with Crippen molar-refractivity contribution in [2.24, 2.45) is 17.8 Å². The highest BCUT2D eigenvalue weighted by molar-refractivity contribution is 5.10. The quantitative estimate of drug-likeness (QED) is 0.706. The first-order chi connectivity index (χ1) is 8.76. The summed E-state index contributed by atoms with van der Waals surface area (Å²) in [6.07, 6.45) is 9.16. The fourth-order valence-corrected chi connectivity index (χ4v) is 4.08. The van der Waals surface area contributed by atoms with Crippen molar-refractivity contribution >= 4 is 0 Å². The highest BCUT2D eigenvalue weighted by Gasteiger charge is 2.36. The predicted octanol–water partition coefficient (Wildman–Crippen LogP) is 2.61. The molecule has 0 amide bonds. The average Bonchev–Trinajstić information content (AvgIpc) is 3.01. The zero-order valence-electron chi connectivity index (χ0n) is 12.0. The van der Waals surface area contributed by atoms with E-state index < -0.39 is 0 Å². The lowest BCUT2D eigenvalue weighted by Crippen LogP contribution is -2.50. The van der Waals surface area contributed by atoms with Crippen molar-refractivity contribution in [3.63, 3.8) is 0 Å². The van der Waals surface area contributed by atoms with E-state index >= 15 is 0 Å². The Hall–Kier alpha value is -0.340. The molecule has 102 valence electrons. The van der Waals surface area contributed by atoms with Crippen LogP contribution in [0.15, 0.2) is 12.2 Å². The van der Waals surface area contributed by atoms with Gasteiger partial charge in [-0.05, 0) is 43.9 Å². The molecular weight excluding hydrogens is 220 g/mol. The van der Waals surface area contributed by atoms with E-state index in [4.69, 9.17) is 0 Å². The van der Waals surface area contributed by atoms with Crippen molar-refractivity contribution in [3.8, 4) is 0 Å². The van der Waals surface area contributed by atoms with Gasteiger partial charge in [0.1, 0.15) is 0 Å². The molecule has 0 aromatic rings. The second-order valence-corrected chi connectivity index (χ2v) is 6.63. The predicted molar refractivity (Wildman–Crippen MR) is 76.6 cm³/mol. The third kappa shape index (κ3) is 2.50. The van der Waals surface area contributed by atoms with Crippen LogP contribution in [0.4, 0.5) is 0 Å². The second kappa shape index (κ2) is 5.34. The molecule has 3 rings (SSSR count). The number of fused-ring (bicyclic) bond motifs is 2. The third-order valence-electron chi connectivity index (χ3n) is 5.53. The van der Waals surface area contributed by atoms with Crippen LogP contribution in [0.5, 0.6) is 0 Å². The molecule has 1 saturated carbocycles. The number of allylic oxidation sites excluding steroid dienone is 2. The van der Waals surface area contributed by atoms with E-state index in [0.717, 1.165) is 23.8 Å². The normalized spacial score (nSPS) is 38.4. The smallest absolute Gasteiger partial charge is 0.0113 e. The second-order valence-electron chi connectivity index (χ2n) is 6.63. The van der Waals surface area contributed by atoms with E-state index in [1.165, 1.54) is 52.0 Å². The number of hydrogen-bond acceptors (Lipinski definition) is 2. The Morgan fingerprint density at radius 2 is 1.89 bits per heavy atom. The van der Waals surface area contributed by atoms with Crippen LogP contribution in [0.2, 0.25) is 0 Å². The topological polar surface area (TPSA) is 6.48 Å². The molecule has 1 aliphatic heterocycles. The Morgan fingerprint density at radius 1 is 1.11 bits per heavy atom. The minimum atomic E-state index is 0.776. The monoisotopic (exact) mass is 248 g/mol. The summed E-state index contributed by atoms with van der Waals surface area (Å²) in [5.41, 5.74) is 0. The van der Waals surface area contributed by atoms with Crippen molar-refractivity contribution in [1.29, 1.82) is 0 Å². The van der Waals surface area contributed by atoms with E-state index in [1.807, 2.05) is 0 Å². The molecule has 2 heteroatoms. The molecule has 0 radical (unpaired) electrons. The maximum atomic E-state index is 2.72. The zero-order chi connectivity index (χ0) is 12.5. The molecule has 3 aliphatic rings. The van der Waals surface area contributed by atoms with E-state index in [2.05, 4.69) is 35.8 Å². The lowest BCUT2D eigenvalue weighted by atomic mass is 9.93. The SMILES string of the molecule is CC[C@@H](C)N1CCN(C[C@H]2C[C@@H]3C=C[C@@H]2C3)CC1. The molecule has 4 atom stereocenters. The summed E-state index contributed by atoms with van der Waals surface area (Å²) < 4.78 is 0. The van der Waals surface area contributed by atoms with Crippen LogP contribution < -0.4 is 0 Å². The van der Waals surface area contributed by atoms with Crippen molar-refractivity contribution < 1.29 is 0 Å². The number of rotatable bonds is 4. The number of hydrogen-bond donors (Lipinski definition) is 0. The Bertz CT molecular complexity index is 304. The fraction of sp³-hybridized carbons (Fsp3) is 0.875. The van der Waals surface area contributed by atoms with Gasteiger partial charge >= 0.3 is 0 Å². The molecule has 0 spiro atoms. The summed E-state index contributed by atoms with van der Waals surface area (Å²) in [6, 6.07) is 0.776. The Labute approximate surface area is 112 Å². The van der Waals surface area contributed by atoms with E-state index in [-0.39, 0.29) is 0 Å². The Balaban J connectivity index is 1.45. The fourth-order valence-electron chi connectivity index (χ4n) is 4.08. The highest BCUT2D eigenvalue weighted by atomic mass is 15.3. The van der Waals surface area contributed by atoms with Crippen LogP contribution in [0, 0.1) is 17.8 Å². The summed E-state index contributed by atoms with van der Waals surface area (Å²) in [5, 5.41) is 0. The van der Waals surface area contributed by atoms with Crippen molar-refractivity contribution in [2.75, 3.05) is 32.7 Å². The summed E-state index contributed by atoms with van der Waals surface area (Å²) >= 11 is 0. The van der Waals surface area contributed by atoms with Crippen LogP contribution >= 0.6 is 0 Å². The van der Waals surface area contributed by atoms with Crippen molar-refractivity contribution in [1.82, 2.24) is 9.80 Å². The Kier molecular flexibility index (Phi) is 3.76. The lowest BCUT2D eigenvalue weighted by molar-refractivity contribution is 0.0868. The van der Waals surface area contributed by atoms with Gasteiger partial charge in [-0.2, -0.15) is 0 Å². The minimum absolute atomic E-state index is 0.776. The van der Waals surface area contributed by atoms with Crippen LogP contribution in [0.25, 0.3) is 0 Å². The first kappa shape index (κ1) is 12.7. The first-order valence-corrected chi connectivity index (χ1v) is 7.91. The van der Waals surface area contributed by atoms with E-state index in [1.54, 1.807) is 0 Å². The molecule has 2 fully saturated rings. The summed E-state index contributed by atoms with van der Waals surface area (Å²) in [6.45, 7) is 11.2. The number of nitrogens with zero attached hydrogens (tertiary/aromatic N) is 2. The van der Waals surface area contributed by atoms with Gasteiger partial charge in [0.15, 0.2) is 0 Å². The van der Waals surface area contributed by atoms with Gasteiger partial charge in [0.25, 0.3) is 0 Å². The molecule has 2 bridgehead atoms. The molecule has 2 aliphatic carbocycles. The van der Waals surface area contributed by atoms with Gasteiger partial charge in [0.05, 0.1) is 0 Å². The molecule has 0 unspecified atom stereocenters. The summed E-state index contributed by atoms with van der Waals surface area (Å²) in [4.78, 5) is 5.38. The van der Waals surface area contributed by atoms with Gasteiger partial charge in [-0.3, -0.25) is 4.90 Å². The molecule has 2 nitrogen and oxygen atoms in total. The van der Waals surface area contributed by atoms with E-state index in [0.29, 0.717) is 0 Å². The Morgan fingerprint density at radius 3 is 2.44 bits per heavy atom. The van der Waals surface area contributed by atoms with Gasteiger partial charge in [-0.15, -0.1) is 0 Å². The van der Waals surface area contributed by atoms with Crippen LogP contribution in [-0.2, 0) is 0 Å². The average molecular weight is 248 g/mol. The molecule has 0 aromatic carbocycles.